The quantitative estimate of drug-likeness (QED) is 0.437. The third-order valence-corrected chi connectivity index (χ3v) is 1.52. The number of hydrogen-bond acceptors (Lipinski definition) is 0. The van der Waals surface area contributed by atoms with Crippen LogP contribution in [0.25, 0.3) is 0 Å². The molecule has 0 aliphatic heterocycles. The van der Waals surface area contributed by atoms with E-state index < -0.39 is 6.68 Å². The van der Waals surface area contributed by atoms with E-state index in [9.17, 15) is 13.2 Å². The summed E-state index contributed by atoms with van der Waals surface area (Å²) in [5.41, 5.74) is 0. The van der Waals surface area contributed by atoms with Crippen molar-refractivity contribution >= 4 is 7.28 Å². The van der Waals surface area contributed by atoms with Crippen LogP contribution in [0.3, 0.4) is 0 Å². The monoisotopic (exact) mass is 195 g/mol. The molecule has 0 nitrogen and oxygen atoms in total. The fraction of sp³-hybridized carbons (Fsp3) is 1.00. The van der Waals surface area contributed by atoms with E-state index in [0.29, 0.717) is 0 Å². The van der Waals surface area contributed by atoms with Crippen LogP contribution < -0.4 is 0 Å². The second-order valence-electron chi connectivity index (χ2n) is 2.82. The van der Waals surface area contributed by atoms with Crippen LogP contribution in [-0.4, -0.2) is 14.0 Å². The fourth-order valence-corrected chi connectivity index (χ4v) is 0.841. The Hall–Kier alpha value is -0.145. The molecular formula is C9H19BF3. The molecule has 0 aromatic rings. The third-order valence-electron chi connectivity index (χ3n) is 1.52. The molecule has 0 fully saturated rings. The first-order chi connectivity index (χ1) is 6.15. The molecule has 0 amide bonds. The largest absolute Gasteiger partial charge is 0.379 e. The number of hydrogen-bond donors (Lipinski definition) is 0. The van der Waals surface area contributed by atoms with E-state index in [1.54, 1.807) is 0 Å². The topological polar surface area (TPSA) is 0 Å². The van der Waals surface area contributed by atoms with Gasteiger partial charge in [0.25, 0.3) is 0 Å². The van der Waals surface area contributed by atoms with Crippen LogP contribution in [0.2, 0.25) is 12.6 Å². The Morgan fingerprint density at radius 3 is 1.46 bits per heavy atom. The van der Waals surface area contributed by atoms with Gasteiger partial charge in [-0.2, -0.15) is 13.2 Å². The zero-order valence-electron chi connectivity index (χ0n) is 8.53. The molecule has 0 spiro atoms. The maximum atomic E-state index is 9.67. The van der Waals surface area contributed by atoms with Crippen molar-refractivity contribution in [2.75, 3.05) is 0 Å². The number of alkyl halides is 3. The van der Waals surface area contributed by atoms with E-state index in [1.165, 1.54) is 38.3 Å². The van der Waals surface area contributed by atoms with Crippen molar-refractivity contribution in [2.45, 2.75) is 58.9 Å². The normalized spacial score (nSPS) is 9.38. The van der Waals surface area contributed by atoms with Crippen molar-refractivity contribution in [1.82, 2.24) is 0 Å². The molecule has 0 atom stereocenters. The highest BCUT2D eigenvalue weighted by molar-refractivity contribution is 6.35. The Morgan fingerprint density at radius 1 is 0.923 bits per heavy atom. The molecule has 0 bridgehead atoms. The van der Waals surface area contributed by atoms with Crippen molar-refractivity contribution in [1.29, 1.82) is 0 Å². The predicted molar refractivity (Wildman–Crippen MR) is 52.3 cm³/mol. The van der Waals surface area contributed by atoms with Gasteiger partial charge in [0.2, 0.25) is 0 Å². The van der Waals surface area contributed by atoms with Crippen LogP contribution >= 0.6 is 0 Å². The maximum absolute atomic E-state index is 9.67. The van der Waals surface area contributed by atoms with Crippen molar-refractivity contribution < 1.29 is 13.2 Å². The first-order valence-electron chi connectivity index (χ1n) is 4.89. The molecule has 0 rings (SSSR count). The molecule has 0 aliphatic rings. The first-order valence-corrected chi connectivity index (χ1v) is 4.89. The van der Waals surface area contributed by atoms with E-state index >= 15 is 0 Å². The molecule has 0 N–H and O–H groups in total. The van der Waals surface area contributed by atoms with E-state index in [4.69, 9.17) is 0 Å². The first kappa shape index (κ1) is 15.3. The average molecular weight is 195 g/mol. The maximum Gasteiger partial charge on any atom is 0.379 e. The molecule has 0 saturated heterocycles. The van der Waals surface area contributed by atoms with Crippen molar-refractivity contribution in [3.63, 3.8) is 0 Å². The van der Waals surface area contributed by atoms with E-state index in [-0.39, 0.29) is 0 Å². The Bertz CT molecular complexity index is 70.5. The van der Waals surface area contributed by atoms with Crippen LogP contribution in [0.5, 0.6) is 0 Å². The highest BCUT2D eigenvalue weighted by atomic mass is 19.4. The fourth-order valence-electron chi connectivity index (χ4n) is 0.841. The van der Waals surface area contributed by atoms with Gasteiger partial charge in [0, 0.05) is 0 Å². The van der Waals surface area contributed by atoms with Gasteiger partial charge < -0.3 is 0 Å². The van der Waals surface area contributed by atoms with Gasteiger partial charge in [0.05, 0.1) is 0 Å². The molecule has 0 saturated carbocycles. The minimum absolute atomic E-state index is 1.33. The lowest BCUT2D eigenvalue weighted by Gasteiger charge is -1.94. The molecule has 4 heteroatoms. The highest BCUT2D eigenvalue weighted by Crippen LogP contribution is 1.99. The lowest BCUT2D eigenvalue weighted by molar-refractivity contribution is 0.00819. The summed E-state index contributed by atoms with van der Waals surface area (Å²) in [6, 6.07) is 0. The summed E-state index contributed by atoms with van der Waals surface area (Å²) in [6.07, 6.45) is 8.09. The van der Waals surface area contributed by atoms with Crippen LogP contribution in [-0.2, 0) is 0 Å². The van der Waals surface area contributed by atoms with E-state index in [1.807, 2.05) is 0 Å². The van der Waals surface area contributed by atoms with Gasteiger partial charge in [-0.1, -0.05) is 52.2 Å². The molecule has 0 unspecified atom stereocenters. The molecule has 0 aromatic carbocycles. The molecule has 13 heavy (non-hydrogen) atoms. The van der Waals surface area contributed by atoms with Gasteiger partial charge in [-0.15, -0.1) is 0 Å². The second kappa shape index (κ2) is 14.4. The van der Waals surface area contributed by atoms with Crippen molar-refractivity contribution in [2.24, 2.45) is 0 Å². The van der Waals surface area contributed by atoms with Gasteiger partial charge in [-0.25, -0.2) is 0 Å². The summed E-state index contributed by atoms with van der Waals surface area (Å²) in [6.45, 7) is 0.821. The Morgan fingerprint density at radius 2 is 1.23 bits per heavy atom. The summed E-state index contributed by atoms with van der Waals surface area (Å²) in [4.78, 5) is 0. The lowest BCUT2D eigenvalue weighted by atomic mass is 9.68. The van der Waals surface area contributed by atoms with Crippen LogP contribution in [0, 0.1) is 0 Å². The van der Waals surface area contributed by atoms with Gasteiger partial charge >= 0.3 is 6.68 Å². The van der Waals surface area contributed by atoms with Gasteiger partial charge in [0.1, 0.15) is 7.28 Å². The van der Waals surface area contributed by atoms with Crippen molar-refractivity contribution in [3.05, 3.63) is 0 Å². The number of rotatable bonds is 6. The summed E-state index contributed by atoms with van der Waals surface area (Å²) in [5.74, 6) is 0. The summed E-state index contributed by atoms with van der Waals surface area (Å²) in [5, 5.41) is 0. The molecule has 1 radical (unpaired) electrons. The average Bonchev–Trinajstić information content (AvgIpc) is 2.03. The zero-order chi connectivity index (χ0) is 10.5. The summed E-state index contributed by atoms with van der Waals surface area (Å²) >= 11 is 0. The molecule has 79 valence electrons. The molecule has 0 aromatic heterocycles. The van der Waals surface area contributed by atoms with Gasteiger partial charge in [-0.3, -0.25) is 0 Å². The Balaban J connectivity index is 0. The molecule has 0 heterocycles. The lowest BCUT2D eigenvalue weighted by Crippen LogP contribution is -1.87. The van der Waals surface area contributed by atoms with Crippen LogP contribution in [0.15, 0.2) is 0 Å². The molecular weight excluding hydrogens is 176 g/mol. The minimum Gasteiger partial charge on any atom is -0.174 e. The summed E-state index contributed by atoms with van der Waals surface area (Å²) < 4.78 is 29.0. The number of halogens is 3. The van der Waals surface area contributed by atoms with E-state index in [0.717, 1.165) is 0 Å². The second-order valence-corrected chi connectivity index (χ2v) is 2.82. The zero-order valence-corrected chi connectivity index (χ0v) is 8.53. The standard InChI is InChI=1S/C8H18B.CHF3/c1-3-5-7-9-8-6-4-2;2-1(3)4/h3-8H2,1-2H3;1H. The third kappa shape index (κ3) is 33.6. The van der Waals surface area contributed by atoms with Crippen molar-refractivity contribution in [3.8, 4) is 0 Å². The summed E-state index contributed by atoms with van der Waals surface area (Å²) in [7, 11) is 2.42. The van der Waals surface area contributed by atoms with Gasteiger partial charge in [0.15, 0.2) is 0 Å². The predicted octanol–water partition coefficient (Wildman–Crippen LogP) is 4.31. The number of unbranched alkanes of at least 4 members (excludes halogenated alkanes) is 2. The highest BCUT2D eigenvalue weighted by Gasteiger charge is 1.88. The van der Waals surface area contributed by atoms with E-state index in [2.05, 4.69) is 21.1 Å². The Labute approximate surface area is 80.1 Å². The minimum atomic E-state index is -3.67. The smallest absolute Gasteiger partial charge is 0.174 e. The SMILES string of the molecule is CCCC[B]CCCC.FC(F)F. The van der Waals surface area contributed by atoms with Crippen LogP contribution in [0.4, 0.5) is 13.2 Å². The molecule has 0 aliphatic carbocycles. The van der Waals surface area contributed by atoms with Gasteiger partial charge in [-0.05, 0) is 0 Å². The van der Waals surface area contributed by atoms with Crippen LogP contribution in [0.1, 0.15) is 39.5 Å². The Kier molecular flexibility index (Phi) is 17.0.